The zero-order valence-electron chi connectivity index (χ0n) is 10.8. The van der Waals surface area contributed by atoms with Crippen LogP contribution in [0.5, 0.6) is 0 Å². The average Bonchev–Trinajstić information content (AvgIpc) is 2.81. The van der Waals surface area contributed by atoms with Crippen LogP contribution in [0.15, 0.2) is 21.1 Å². The number of rotatable bonds is 3. The van der Waals surface area contributed by atoms with Crippen molar-refractivity contribution in [2.45, 2.75) is 13.8 Å². The minimum Gasteiger partial charge on any atom is -0.462 e. The highest BCUT2D eigenvalue weighted by atomic mass is 79.9. The highest BCUT2D eigenvalue weighted by Gasteiger charge is 2.24. The quantitative estimate of drug-likeness (QED) is 0.801. The molecule has 2 heterocycles. The van der Waals surface area contributed by atoms with Gasteiger partial charge in [0, 0.05) is 0 Å². The first-order valence-corrected chi connectivity index (χ1v) is 6.58. The summed E-state index contributed by atoms with van der Waals surface area (Å²) in [5.41, 5.74) is 1.20. The number of esters is 1. The molecule has 102 valence electrons. The number of pyridine rings is 1. The molecule has 0 spiro atoms. The number of hydrogen-bond acceptors (Lipinski definition) is 6. The summed E-state index contributed by atoms with van der Waals surface area (Å²) in [6.45, 7) is 3.61. The highest BCUT2D eigenvalue weighted by Crippen LogP contribution is 2.27. The van der Waals surface area contributed by atoms with Gasteiger partial charge in [0.1, 0.15) is 17.3 Å². The molecule has 0 saturated carbocycles. The van der Waals surface area contributed by atoms with Gasteiger partial charge in [-0.15, -0.1) is 0 Å². The highest BCUT2D eigenvalue weighted by molar-refractivity contribution is 9.10. The van der Waals surface area contributed by atoms with E-state index in [2.05, 4.69) is 26.1 Å². The number of hydrogen-bond donors (Lipinski definition) is 0. The lowest BCUT2D eigenvalue weighted by atomic mass is 10.1. The van der Waals surface area contributed by atoms with Crippen molar-refractivity contribution < 1.29 is 14.1 Å². The molecule has 0 aromatic carbocycles. The molecular formula is C13H10BrN3O3. The number of carbonyl (C=O) groups is 1. The number of aromatic nitrogens is 2. The van der Waals surface area contributed by atoms with Crippen LogP contribution in [0.3, 0.4) is 0 Å². The van der Waals surface area contributed by atoms with E-state index in [0.29, 0.717) is 15.9 Å². The van der Waals surface area contributed by atoms with E-state index in [0.717, 1.165) is 0 Å². The van der Waals surface area contributed by atoms with Crippen LogP contribution >= 0.6 is 15.9 Å². The number of nitrogens with zero attached hydrogens (tertiary/aromatic N) is 3. The Morgan fingerprint density at radius 1 is 1.55 bits per heavy atom. The fourth-order valence-corrected chi connectivity index (χ4v) is 1.94. The van der Waals surface area contributed by atoms with Crippen LogP contribution < -0.4 is 0 Å². The van der Waals surface area contributed by atoms with E-state index in [4.69, 9.17) is 14.5 Å². The molecule has 0 bridgehead atoms. The summed E-state index contributed by atoms with van der Waals surface area (Å²) in [5.74, 6) is -0.325. The minimum absolute atomic E-state index is 0.199. The monoisotopic (exact) mass is 335 g/mol. The van der Waals surface area contributed by atoms with E-state index >= 15 is 0 Å². The number of nitriles is 1. The van der Waals surface area contributed by atoms with Crippen LogP contribution in [0, 0.1) is 18.3 Å². The second-order valence-electron chi connectivity index (χ2n) is 3.83. The van der Waals surface area contributed by atoms with Crippen molar-refractivity contribution in [2.75, 3.05) is 6.61 Å². The SMILES string of the molecule is CCOC(=O)c1c(C)noc1-c1ccc(Br)c(C#N)n1. The van der Waals surface area contributed by atoms with E-state index in [-0.39, 0.29) is 23.6 Å². The first kappa shape index (κ1) is 14.2. The smallest absolute Gasteiger partial charge is 0.344 e. The number of halogens is 1. The van der Waals surface area contributed by atoms with Gasteiger partial charge >= 0.3 is 5.97 Å². The molecule has 0 radical (unpaired) electrons. The molecule has 20 heavy (non-hydrogen) atoms. The Morgan fingerprint density at radius 3 is 2.95 bits per heavy atom. The van der Waals surface area contributed by atoms with Crippen LogP contribution in [0.2, 0.25) is 0 Å². The average molecular weight is 336 g/mol. The van der Waals surface area contributed by atoms with Gasteiger partial charge in [-0.25, -0.2) is 9.78 Å². The Balaban J connectivity index is 2.54. The van der Waals surface area contributed by atoms with E-state index in [1.54, 1.807) is 26.0 Å². The predicted octanol–water partition coefficient (Wildman–Crippen LogP) is 2.86. The van der Waals surface area contributed by atoms with Gasteiger partial charge in [-0.05, 0) is 41.9 Å². The van der Waals surface area contributed by atoms with Gasteiger partial charge in [-0.2, -0.15) is 5.26 Å². The molecule has 7 heteroatoms. The largest absolute Gasteiger partial charge is 0.462 e. The number of carbonyl (C=O) groups excluding carboxylic acids is 1. The minimum atomic E-state index is -0.524. The summed E-state index contributed by atoms with van der Waals surface area (Å²) < 4.78 is 10.7. The van der Waals surface area contributed by atoms with E-state index < -0.39 is 5.97 Å². The molecule has 0 fully saturated rings. The second-order valence-corrected chi connectivity index (χ2v) is 4.69. The van der Waals surface area contributed by atoms with Crippen LogP contribution in [0.4, 0.5) is 0 Å². The normalized spacial score (nSPS) is 10.1. The van der Waals surface area contributed by atoms with Crippen molar-refractivity contribution in [3.05, 3.63) is 33.6 Å². The van der Waals surface area contributed by atoms with Crippen molar-refractivity contribution in [1.29, 1.82) is 5.26 Å². The molecule has 0 N–H and O–H groups in total. The number of ether oxygens (including phenoxy) is 1. The van der Waals surface area contributed by atoms with E-state index in [1.807, 2.05) is 6.07 Å². The first-order chi connectivity index (χ1) is 9.58. The molecule has 0 saturated heterocycles. The Bertz CT molecular complexity index is 703. The van der Waals surface area contributed by atoms with Gasteiger partial charge in [0.2, 0.25) is 0 Å². The third kappa shape index (κ3) is 2.56. The maximum Gasteiger partial charge on any atom is 0.344 e. The molecule has 2 aromatic rings. The summed E-state index contributed by atoms with van der Waals surface area (Å²) in [7, 11) is 0. The van der Waals surface area contributed by atoms with Crippen LogP contribution in [0.25, 0.3) is 11.5 Å². The Kier molecular flexibility index (Phi) is 4.15. The van der Waals surface area contributed by atoms with Gasteiger partial charge in [-0.3, -0.25) is 0 Å². The van der Waals surface area contributed by atoms with Crippen molar-refractivity contribution >= 4 is 21.9 Å². The maximum atomic E-state index is 11.9. The maximum absolute atomic E-state index is 11.9. The zero-order chi connectivity index (χ0) is 14.7. The zero-order valence-corrected chi connectivity index (χ0v) is 12.4. The van der Waals surface area contributed by atoms with Gasteiger partial charge in [0.25, 0.3) is 0 Å². The lowest BCUT2D eigenvalue weighted by Crippen LogP contribution is -2.07. The van der Waals surface area contributed by atoms with E-state index in [1.165, 1.54) is 0 Å². The van der Waals surface area contributed by atoms with Gasteiger partial charge < -0.3 is 9.26 Å². The standard InChI is InChI=1S/C13H10BrN3O3/c1-3-19-13(18)11-7(2)17-20-12(11)9-5-4-8(14)10(6-15)16-9/h4-5H,3H2,1-2H3. The third-order valence-electron chi connectivity index (χ3n) is 2.53. The second kappa shape index (κ2) is 5.84. The summed E-state index contributed by atoms with van der Waals surface area (Å²) in [6, 6.07) is 5.24. The van der Waals surface area contributed by atoms with E-state index in [9.17, 15) is 4.79 Å². The van der Waals surface area contributed by atoms with Crippen molar-refractivity contribution in [1.82, 2.24) is 10.1 Å². The van der Waals surface area contributed by atoms with Crippen molar-refractivity contribution in [3.63, 3.8) is 0 Å². The van der Waals surface area contributed by atoms with Crippen LogP contribution in [0.1, 0.15) is 28.7 Å². The topological polar surface area (TPSA) is 89.0 Å². The summed E-state index contributed by atoms with van der Waals surface area (Å²) in [4.78, 5) is 16.0. The van der Waals surface area contributed by atoms with Crippen molar-refractivity contribution in [2.24, 2.45) is 0 Å². The van der Waals surface area contributed by atoms with Crippen LogP contribution in [-0.4, -0.2) is 22.7 Å². The Morgan fingerprint density at radius 2 is 2.30 bits per heavy atom. The molecule has 6 nitrogen and oxygen atoms in total. The predicted molar refractivity (Wildman–Crippen MR) is 72.8 cm³/mol. The molecule has 2 aromatic heterocycles. The molecule has 0 amide bonds. The molecule has 0 aliphatic heterocycles. The fourth-order valence-electron chi connectivity index (χ4n) is 1.64. The Labute approximate surface area is 123 Å². The summed E-state index contributed by atoms with van der Waals surface area (Å²) in [5, 5.41) is 12.7. The summed E-state index contributed by atoms with van der Waals surface area (Å²) in [6.07, 6.45) is 0. The molecular weight excluding hydrogens is 326 g/mol. The molecule has 0 atom stereocenters. The van der Waals surface area contributed by atoms with Gasteiger partial charge in [-0.1, -0.05) is 5.16 Å². The Hall–Kier alpha value is -2.20. The molecule has 0 aliphatic rings. The van der Waals surface area contributed by atoms with Crippen molar-refractivity contribution in [3.8, 4) is 17.5 Å². The van der Waals surface area contributed by atoms with Gasteiger partial charge in [0.05, 0.1) is 16.8 Å². The fraction of sp³-hybridized carbons (Fsp3) is 0.231. The molecule has 0 aliphatic carbocycles. The van der Waals surface area contributed by atoms with Crippen LogP contribution in [-0.2, 0) is 4.74 Å². The third-order valence-corrected chi connectivity index (χ3v) is 3.17. The molecule has 2 rings (SSSR count). The summed E-state index contributed by atoms with van der Waals surface area (Å²) >= 11 is 3.22. The van der Waals surface area contributed by atoms with Gasteiger partial charge in [0.15, 0.2) is 11.5 Å². The lowest BCUT2D eigenvalue weighted by molar-refractivity contribution is 0.0526. The molecule has 0 unspecified atom stereocenters. The number of aryl methyl sites for hydroxylation is 1. The first-order valence-electron chi connectivity index (χ1n) is 5.78. The lowest BCUT2D eigenvalue weighted by Gasteiger charge is -2.03.